The number of carbonyl (C=O) groups excluding carboxylic acids is 1. The third kappa shape index (κ3) is 2.35. The van der Waals surface area contributed by atoms with Gasteiger partial charge < -0.3 is 9.73 Å². The summed E-state index contributed by atoms with van der Waals surface area (Å²) in [7, 11) is 0. The predicted octanol–water partition coefficient (Wildman–Crippen LogP) is 2.58. The number of nitriles is 1. The molecule has 0 fully saturated rings. The minimum atomic E-state index is -0.863. The molecule has 3 heterocycles. The van der Waals surface area contributed by atoms with E-state index in [1.165, 1.54) is 12.5 Å². The first-order chi connectivity index (χ1) is 10.2. The van der Waals surface area contributed by atoms with E-state index in [-0.39, 0.29) is 0 Å². The number of pyridine rings is 1. The van der Waals surface area contributed by atoms with Crippen molar-refractivity contribution < 1.29 is 9.21 Å². The van der Waals surface area contributed by atoms with Crippen LogP contribution in [0.2, 0.25) is 5.15 Å². The third-order valence-corrected chi connectivity index (χ3v) is 3.25. The molecular weight excluding hydrogens is 292 g/mol. The highest BCUT2D eigenvalue weighted by Gasteiger charge is 2.20. The van der Waals surface area contributed by atoms with E-state index in [1.807, 2.05) is 6.07 Å². The van der Waals surface area contributed by atoms with Crippen LogP contribution in [0.1, 0.15) is 22.2 Å². The highest BCUT2D eigenvalue weighted by atomic mass is 35.5. The molecule has 1 N–H and O–H groups in total. The number of nitrogens with one attached hydrogen (secondary N) is 1. The summed E-state index contributed by atoms with van der Waals surface area (Å²) >= 11 is 5.96. The minimum absolute atomic E-state index is 0.330. The van der Waals surface area contributed by atoms with Gasteiger partial charge in [0, 0.05) is 6.20 Å². The van der Waals surface area contributed by atoms with Gasteiger partial charge in [-0.2, -0.15) is 5.26 Å². The molecule has 0 aromatic carbocycles. The topological polar surface area (TPSA) is 83.3 Å². The molecule has 7 heteroatoms. The fourth-order valence-corrected chi connectivity index (χ4v) is 2.17. The first kappa shape index (κ1) is 13.2. The maximum atomic E-state index is 12.3. The van der Waals surface area contributed by atoms with Gasteiger partial charge in [-0.05, 0) is 24.3 Å². The molecule has 21 heavy (non-hydrogen) atoms. The Labute approximate surface area is 124 Å². The van der Waals surface area contributed by atoms with Gasteiger partial charge in [0.25, 0.3) is 5.91 Å². The SMILES string of the molecule is N#CC(NC(=O)c1cccn2c(Cl)cnc12)c1ccco1. The number of halogens is 1. The number of rotatable bonds is 3. The fraction of sp³-hybridized carbons (Fsp3) is 0.0714. The van der Waals surface area contributed by atoms with Gasteiger partial charge >= 0.3 is 0 Å². The van der Waals surface area contributed by atoms with Crippen molar-refractivity contribution >= 4 is 23.2 Å². The lowest BCUT2D eigenvalue weighted by molar-refractivity contribution is 0.0942. The van der Waals surface area contributed by atoms with Crippen molar-refractivity contribution in [1.82, 2.24) is 14.7 Å². The molecule has 3 aromatic heterocycles. The summed E-state index contributed by atoms with van der Waals surface area (Å²) in [4.78, 5) is 16.4. The highest BCUT2D eigenvalue weighted by Crippen LogP contribution is 2.18. The monoisotopic (exact) mass is 300 g/mol. The minimum Gasteiger partial charge on any atom is -0.466 e. The lowest BCUT2D eigenvalue weighted by Gasteiger charge is -2.09. The molecule has 0 bridgehead atoms. The van der Waals surface area contributed by atoms with Gasteiger partial charge in [0.05, 0.1) is 24.1 Å². The maximum Gasteiger partial charge on any atom is 0.256 e. The van der Waals surface area contributed by atoms with E-state index in [1.54, 1.807) is 34.9 Å². The molecule has 0 radical (unpaired) electrons. The number of nitrogens with zero attached hydrogens (tertiary/aromatic N) is 3. The van der Waals surface area contributed by atoms with Crippen molar-refractivity contribution in [2.24, 2.45) is 0 Å². The summed E-state index contributed by atoms with van der Waals surface area (Å²) in [6, 6.07) is 7.70. The number of fused-ring (bicyclic) bond motifs is 1. The zero-order chi connectivity index (χ0) is 14.8. The van der Waals surface area contributed by atoms with E-state index in [9.17, 15) is 4.79 Å². The van der Waals surface area contributed by atoms with Gasteiger partial charge in [-0.3, -0.25) is 9.20 Å². The molecule has 0 spiro atoms. The van der Waals surface area contributed by atoms with Gasteiger partial charge in [-0.1, -0.05) is 11.6 Å². The van der Waals surface area contributed by atoms with Crippen LogP contribution in [0.4, 0.5) is 0 Å². The molecule has 0 aliphatic heterocycles. The summed E-state index contributed by atoms with van der Waals surface area (Å²) in [5.74, 6) is -0.0509. The molecule has 104 valence electrons. The van der Waals surface area contributed by atoms with Crippen molar-refractivity contribution in [3.63, 3.8) is 0 Å². The molecule has 1 unspecified atom stereocenters. The van der Waals surface area contributed by atoms with Crippen LogP contribution in [0.25, 0.3) is 5.65 Å². The van der Waals surface area contributed by atoms with Gasteiger partial charge in [0.1, 0.15) is 10.9 Å². The molecule has 6 nitrogen and oxygen atoms in total. The molecular formula is C14H9ClN4O2. The summed E-state index contributed by atoms with van der Waals surface area (Å²) in [5.41, 5.74) is 0.757. The number of carbonyl (C=O) groups is 1. The number of imidazole rings is 1. The smallest absolute Gasteiger partial charge is 0.256 e. The largest absolute Gasteiger partial charge is 0.466 e. The quantitative estimate of drug-likeness (QED) is 0.806. The normalized spacial score (nSPS) is 12.0. The molecule has 3 rings (SSSR count). The molecule has 0 saturated heterocycles. The van der Waals surface area contributed by atoms with E-state index < -0.39 is 11.9 Å². The van der Waals surface area contributed by atoms with Crippen LogP contribution in [0.15, 0.2) is 47.3 Å². The summed E-state index contributed by atoms with van der Waals surface area (Å²) in [5, 5.41) is 12.1. The van der Waals surface area contributed by atoms with Crippen molar-refractivity contribution in [3.8, 4) is 6.07 Å². The Bertz CT molecular complexity index is 832. The van der Waals surface area contributed by atoms with E-state index in [0.717, 1.165) is 0 Å². The van der Waals surface area contributed by atoms with E-state index in [4.69, 9.17) is 21.3 Å². The van der Waals surface area contributed by atoms with Crippen LogP contribution in [0, 0.1) is 11.3 Å². The van der Waals surface area contributed by atoms with Crippen molar-refractivity contribution in [2.75, 3.05) is 0 Å². The van der Waals surface area contributed by atoms with Crippen LogP contribution in [0.5, 0.6) is 0 Å². The van der Waals surface area contributed by atoms with Crippen molar-refractivity contribution in [3.05, 3.63) is 59.4 Å². The van der Waals surface area contributed by atoms with Gasteiger partial charge in [0.2, 0.25) is 0 Å². The predicted molar refractivity (Wildman–Crippen MR) is 74.7 cm³/mol. The highest BCUT2D eigenvalue weighted by molar-refractivity contribution is 6.29. The lowest BCUT2D eigenvalue weighted by atomic mass is 10.2. The average molecular weight is 301 g/mol. The first-order valence-electron chi connectivity index (χ1n) is 6.06. The van der Waals surface area contributed by atoms with Crippen LogP contribution in [-0.2, 0) is 0 Å². The average Bonchev–Trinajstić information content (AvgIpc) is 3.15. The molecule has 3 aromatic rings. The second-order valence-electron chi connectivity index (χ2n) is 4.25. The Morgan fingerprint density at radius 3 is 3.05 bits per heavy atom. The van der Waals surface area contributed by atoms with E-state index in [2.05, 4.69) is 10.3 Å². The maximum absolute atomic E-state index is 12.3. The van der Waals surface area contributed by atoms with Crippen molar-refractivity contribution in [2.45, 2.75) is 6.04 Å². The van der Waals surface area contributed by atoms with Crippen molar-refractivity contribution in [1.29, 1.82) is 5.26 Å². The number of furan rings is 1. The Balaban J connectivity index is 1.93. The number of hydrogen-bond acceptors (Lipinski definition) is 4. The third-order valence-electron chi connectivity index (χ3n) is 2.97. The number of aromatic nitrogens is 2. The second kappa shape index (κ2) is 5.31. The van der Waals surface area contributed by atoms with E-state index >= 15 is 0 Å². The van der Waals surface area contributed by atoms with Gasteiger partial charge in [-0.15, -0.1) is 0 Å². The zero-order valence-electron chi connectivity index (χ0n) is 10.7. The first-order valence-corrected chi connectivity index (χ1v) is 6.44. The van der Waals surface area contributed by atoms with Gasteiger partial charge in [0.15, 0.2) is 11.7 Å². The Morgan fingerprint density at radius 1 is 1.48 bits per heavy atom. The molecule has 1 amide bonds. The lowest BCUT2D eigenvalue weighted by Crippen LogP contribution is -2.27. The fourth-order valence-electron chi connectivity index (χ4n) is 1.99. The van der Waals surface area contributed by atoms with Crippen LogP contribution in [0.3, 0.4) is 0 Å². The van der Waals surface area contributed by atoms with Crippen LogP contribution < -0.4 is 5.32 Å². The zero-order valence-corrected chi connectivity index (χ0v) is 11.4. The molecule has 0 aliphatic carbocycles. The second-order valence-corrected chi connectivity index (χ2v) is 4.63. The summed E-state index contributed by atoms with van der Waals surface area (Å²) in [6.45, 7) is 0. The van der Waals surface area contributed by atoms with Crippen LogP contribution >= 0.6 is 11.6 Å². The molecule has 1 atom stereocenters. The van der Waals surface area contributed by atoms with Gasteiger partial charge in [-0.25, -0.2) is 4.98 Å². The molecule has 0 aliphatic rings. The standard InChI is InChI=1S/C14H9ClN4O2/c15-12-8-17-13-9(3-1-5-19(12)13)14(20)18-10(7-16)11-4-2-6-21-11/h1-6,8,10H,(H,18,20). The number of hydrogen-bond donors (Lipinski definition) is 1. The Hall–Kier alpha value is -2.78. The Kier molecular flexibility index (Phi) is 3.34. The van der Waals surface area contributed by atoms with Crippen LogP contribution in [-0.4, -0.2) is 15.3 Å². The Morgan fingerprint density at radius 2 is 2.33 bits per heavy atom. The summed E-state index contributed by atoms with van der Waals surface area (Å²) < 4.78 is 6.72. The summed E-state index contributed by atoms with van der Waals surface area (Å²) in [6.07, 6.45) is 4.61. The van der Waals surface area contributed by atoms with E-state index in [0.29, 0.717) is 22.1 Å². The number of amides is 1. The molecule has 0 saturated carbocycles.